The first-order valence-corrected chi connectivity index (χ1v) is 13.8. The van der Waals surface area contributed by atoms with Crippen LogP contribution >= 0.6 is 0 Å². The molecule has 10 heteroatoms. The van der Waals surface area contributed by atoms with Crippen molar-refractivity contribution in [1.82, 2.24) is 9.97 Å². The molecule has 1 unspecified atom stereocenters. The number of carboxylic acid groups (broad SMARTS) is 1. The molecule has 5 rings (SSSR count). The molecule has 1 amide bonds. The van der Waals surface area contributed by atoms with Crippen molar-refractivity contribution in [2.45, 2.75) is 19.4 Å². The number of carboxylic acids is 1. The van der Waals surface area contributed by atoms with Gasteiger partial charge >= 0.3 is 11.9 Å². The third-order valence-corrected chi connectivity index (χ3v) is 6.92. The van der Waals surface area contributed by atoms with Crippen LogP contribution in [0.5, 0.6) is 11.5 Å². The Bertz CT molecular complexity index is 1840. The van der Waals surface area contributed by atoms with Crippen molar-refractivity contribution in [1.29, 1.82) is 0 Å². The van der Waals surface area contributed by atoms with Gasteiger partial charge in [-0.2, -0.15) is 0 Å². The number of hydrogen-bond donors (Lipinski definition) is 2. The predicted molar refractivity (Wildman–Crippen MR) is 165 cm³/mol. The maximum atomic E-state index is 13.2. The Balaban J connectivity index is 1.45. The van der Waals surface area contributed by atoms with Gasteiger partial charge in [0.1, 0.15) is 11.5 Å². The molecular weight excluding hydrogens is 562 g/mol. The first-order valence-electron chi connectivity index (χ1n) is 13.8. The van der Waals surface area contributed by atoms with Gasteiger partial charge in [0.05, 0.1) is 47.8 Å². The summed E-state index contributed by atoms with van der Waals surface area (Å²) in [6, 6.07) is 25.6. The number of benzene rings is 4. The summed E-state index contributed by atoms with van der Waals surface area (Å²) in [5, 5.41) is 11.8. The first kappa shape index (κ1) is 29.7. The van der Waals surface area contributed by atoms with E-state index in [2.05, 4.69) is 5.32 Å². The van der Waals surface area contributed by atoms with Crippen LogP contribution in [-0.4, -0.2) is 53.2 Å². The van der Waals surface area contributed by atoms with E-state index in [0.717, 1.165) is 11.1 Å². The zero-order chi connectivity index (χ0) is 31.2. The van der Waals surface area contributed by atoms with Crippen molar-refractivity contribution in [3.63, 3.8) is 0 Å². The highest BCUT2D eigenvalue weighted by Crippen LogP contribution is 2.33. The van der Waals surface area contributed by atoms with E-state index >= 15 is 0 Å². The lowest BCUT2D eigenvalue weighted by Gasteiger charge is -2.17. The van der Waals surface area contributed by atoms with Crippen molar-refractivity contribution < 1.29 is 33.7 Å². The Hall–Kier alpha value is -5.77. The van der Waals surface area contributed by atoms with Crippen molar-refractivity contribution in [2.75, 3.05) is 19.5 Å². The van der Waals surface area contributed by atoms with E-state index in [-0.39, 0.29) is 23.2 Å². The fraction of sp³-hybridized carbons (Fsp3) is 0.147. The smallest absolute Gasteiger partial charge is 0.338 e. The average molecular weight is 592 g/mol. The predicted octanol–water partition coefficient (Wildman–Crippen LogP) is 6.25. The number of nitrogens with zero attached hydrogens (tertiary/aromatic N) is 2. The molecule has 0 aliphatic rings. The number of rotatable bonds is 10. The first-order chi connectivity index (χ1) is 21.3. The average Bonchev–Trinajstić information content (AvgIpc) is 3.06. The highest BCUT2D eigenvalue weighted by atomic mass is 16.5. The maximum absolute atomic E-state index is 13.2. The molecule has 1 heterocycles. The number of ether oxygens (including phenoxy) is 3. The van der Waals surface area contributed by atoms with Crippen LogP contribution in [0, 0.1) is 0 Å². The van der Waals surface area contributed by atoms with Crippen molar-refractivity contribution in [3.05, 3.63) is 102 Å². The minimum Gasteiger partial charge on any atom is -0.497 e. The van der Waals surface area contributed by atoms with Crippen LogP contribution in [0.15, 0.2) is 91.0 Å². The van der Waals surface area contributed by atoms with Crippen LogP contribution in [-0.2, 0) is 9.53 Å². The van der Waals surface area contributed by atoms with Crippen molar-refractivity contribution in [3.8, 4) is 34.0 Å². The van der Waals surface area contributed by atoms with E-state index in [1.165, 1.54) is 18.2 Å². The lowest BCUT2D eigenvalue weighted by molar-refractivity contribution is -0.124. The van der Waals surface area contributed by atoms with Crippen LogP contribution in [0.1, 0.15) is 34.1 Å². The lowest BCUT2D eigenvalue weighted by atomic mass is 10.0. The number of esters is 1. The molecule has 0 saturated carbocycles. The van der Waals surface area contributed by atoms with Crippen LogP contribution < -0.4 is 14.8 Å². The summed E-state index contributed by atoms with van der Waals surface area (Å²) >= 11 is 0. The highest BCUT2D eigenvalue weighted by Gasteiger charge is 2.23. The van der Waals surface area contributed by atoms with Crippen LogP contribution in [0.25, 0.3) is 33.5 Å². The number of carbonyl (C=O) groups excluding carboxylic acids is 2. The standard InChI is InChI=1S/C34H29N3O7/c1-4-29(32(38)35-24-7-5-6-22(18-24)33(39)40)44-34(41)23-12-17-27-28(19-23)37-31(21-10-15-26(43-3)16-11-21)30(36-27)20-8-13-25(42-2)14-9-20/h5-19,29H,4H2,1-3H3,(H,35,38)(H,39,40). The fourth-order valence-corrected chi connectivity index (χ4v) is 4.55. The summed E-state index contributed by atoms with van der Waals surface area (Å²) in [6.07, 6.45) is -0.902. The zero-order valence-corrected chi connectivity index (χ0v) is 24.2. The molecule has 222 valence electrons. The molecule has 1 atom stereocenters. The summed E-state index contributed by atoms with van der Waals surface area (Å²) in [4.78, 5) is 47.1. The van der Waals surface area contributed by atoms with E-state index in [1.54, 1.807) is 45.4 Å². The van der Waals surface area contributed by atoms with Gasteiger partial charge in [0.15, 0.2) is 6.10 Å². The number of methoxy groups -OCH3 is 2. The van der Waals surface area contributed by atoms with Gasteiger partial charge in [0, 0.05) is 16.8 Å². The van der Waals surface area contributed by atoms with Crippen molar-refractivity contribution in [2.24, 2.45) is 0 Å². The van der Waals surface area contributed by atoms with Crippen LogP contribution in [0.4, 0.5) is 5.69 Å². The van der Waals surface area contributed by atoms with Crippen molar-refractivity contribution >= 4 is 34.6 Å². The number of anilines is 1. The minimum atomic E-state index is -1.12. The van der Waals surface area contributed by atoms with E-state index in [0.29, 0.717) is 33.9 Å². The van der Waals surface area contributed by atoms with E-state index in [9.17, 15) is 19.5 Å². The molecule has 10 nitrogen and oxygen atoms in total. The molecule has 44 heavy (non-hydrogen) atoms. The molecule has 1 aromatic heterocycles. The molecule has 0 spiro atoms. The van der Waals surface area contributed by atoms with Crippen LogP contribution in [0.2, 0.25) is 0 Å². The molecule has 2 N–H and O–H groups in total. The Morgan fingerprint density at radius 3 is 1.89 bits per heavy atom. The van der Waals surface area contributed by atoms with Gasteiger partial charge in [-0.15, -0.1) is 0 Å². The van der Waals surface area contributed by atoms with Crippen LogP contribution in [0.3, 0.4) is 0 Å². The second kappa shape index (κ2) is 13.0. The van der Waals surface area contributed by atoms with Gasteiger partial charge in [-0.3, -0.25) is 4.79 Å². The number of amides is 1. The zero-order valence-electron chi connectivity index (χ0n) is 24.2. The Morgan fingerprint density at radius 2 is 1.34 bits per heavy atom. The molecular formula is C34H29N3O7. The highest BCUT2D eigenvalue weighted by molar-refractivity contribution is 6.00. The van der Waals surface area contributed by atoms with Gasteiger partial charge < -0.3 is 24.6 Å². The number of nitrogens with one attached hydrogen (secondary N) is 1. The Labute approximate surface area is 253 Å². The fourth-order valence-electron chi connectivity index (χ4n) is 4.55. The van der Waals surface area contributed by atoms with Gasteiger partial charge in [-0.1, -0.05) is 13.0 Å². The third-order valence-electron chi connectivity index (χ3n) is 6.92. The quantitative estimate of drug-likeness (QED) is 0.180. The molecule has 0 aliphatic carbocycles. The minimum absolute atomic E-state index is 0.0225. The number of fused-ring (bicyclic) bond motifs is 1. The number of aromatic nitrogens is 2. The Kier molecular flexibility index (Phi) is 8.80. The van der Waals surface area contributed by atoms with Gasteiger partial charge in [-0.25, -0.2) is 19.6 Å². The topological polar surface area (TPSA) is 137 Å². The SMILES string of the molecule is CCC(OC(=O)c1ccc2nc(-c3ccc(OC)cc3)c(-c3ccc(OC)cc3)nc2c1)C(=O)Nc1cccc(C(=O)O)c1. The summed E-state index contributed by atoms with van der Waals surface area (Å²) < 4.78 is 16.2. The largest absolute Gasteiger partial charge is 0.497 e. The maximum Gasteiger partial charge on any atom is 0.338 e. The molecule has 4 aromatic carbocycles. The Morgan fingerprint density at radius 1 is 0.750 bits per heavy atom. The van der Waals surface area contributed by atoms with E-state index < -0.39 is 23.9 Å². The number of hydrogen-bond acceptors (Lipinski definition) is 8. The third kappa shape index (κ3) is 6.49. The second-order valence-corrected chi connectivity index (χ2v) is 9.76. The summed E-state index contributed by atoms with van der Waals surface area (Å²) in [7, 11) is 3.20. The van der Waals surface area contributed by atoms with E-state index in [4.69, 9.17) is 24.2 Å². The molecule has 0 saturated heterocycles. The second-order valence-electron chi connectivity index (χ2n) is 9.76. The normalized spacial score (nSPS) is 11.4. The lowest BCUT2D eigenvalue weighted by Crippen LogP contribution is -2.32. The molecule has 0 aliphatic heterocycles. The number of carbonyl (C=O) groups is 3. The summed E-state index contributed by atoms with van der Waals surface area (Å²) in [5.41, 5.74) is 4.41. The van der Waals surface area contributed by atoms with Gasteiger partial charge in [-0.05, 0) is 91.3 Å². The number of aromatic carboxylic acids is 1. The molecule has 0 bridgehead atoms. The van der Waals surface area contributed by atoms with Gasteiger partial charge in [0.2, 0.25) is 0 Å². The van der Waals surface area contributed by atoms with E-state index in [1.807, 2.05) is 48.5 Å². The van der Waals surface area contributed by atoms with Gasteiger partial charge in [0.25, 0.3) is 5.91 Å². The molecule has 5 aromatic rings. The monoisotopic (exact) mass is 591 g/mol. The summed E-state index contributed by atoms with van der Waals surface area (Å²) in [6.45, 7) is 1.71. The molecule has 0 radical (unpaired) electrons. The summed E-state index contributed by atoms with van der Waals surface area (Å²) in [5.74, 6) is -0.993. The molecule has 0 fully saturated rings.